The van der Waals surface area contributed by atoms with Crippen LogP contribution >= 0.6 is 0 Å². The van der Waals surface area contributed by atoms with Crippen LogP contribution in [0.15, 0.2) is 4.79 Å². The fourth-order valence-electron chi connectivity index (χ4n) is 2.81. The van der Waals surface area contributed by atoms with E-state index in [1.165, 1.54) is 9.80 Å². The highest BCUT2D eigenvalue weighted by atomic mass is 16.5. The van der Waals surface area contributed by atoms with Gasteiger partial charge in [-0.15, -0.1) is 6.42 Å². The van der Waals surface area contributed by atoms with Gasteiger partial charge in [-0.1, -0.05) is 5.92 Å². The van der Waals surface area contributed by atoms with E-state index in [-0.39, 0.29) is 24.0 Å². The Hall–Kier alpha value is -2.57. The molecule has 1 aromatic heterocycles. The number of nitrogens with two attached hydrogens (primary N) is 1. The van der Waals surface area contributed by atoms with Crippen LogP contribution in [0.2, 0.25) is 0 Å². The molecule has 1 aliphatic rings. The molecule has 0 aromatic carbocycles. The number of nitrogens with one attached hydrogen (secondary N) is 1. The first-order valence-corrected chi connectivity index (χ1v) is 7.85. The summed E-state index contributed by atoms with van der Waals surface area (Å²) in [5.74, 6) is 2.37. The van der Waals surface area contributed by atoms with Gasteiger partial charge in [-0.05, 0) is 26.7 Å². The molecule has 2 heterocycles. The number of terminal acetylenes is 1. The van der Waals surface area contributed by atoms with Gasteiger partial charge < -0.3 is 20.5 Å². The number of carbonyl (C=O) groups is 1. The average molecular weight is 349 g/mol. The molecule has 1 amide bonds. The van der Waals surface area contributed by atoms with Crippen LogP contribution in [0.1, 0.15) is 26.7 Å². The van der Waals surface area contributed by atoms with E-state index in [1.54, 1.807) is 20.9 Å². The van der Waals surface area contributed by atoms with E-state index in [4.69, 9.17) is 16.9 Å². The lowest BCUT2D eigenvalue weighted by Gasteiger charge is -2.30. The second-order valence-corrected chi connectivity index (χ2v) is 6.51. The number of carbonyl (C=O) groups excluding carboxylic acids is 1. The largest absolute Gasteiger partial charge is 0.388 e. The minimum atomic E-state index is -1.05. The van der Waals surface area contributed by atoms with Crippen molar-refractivity contribution in [2.75, 3.05) is 29.1 Å². The molecule has 136 valence electrons. The van der Waals surface area contributed by atoms with Crippen LogP contribution in [-0.2, 0) is 9.53 Å². The molecule has 2 unspecified atom stereocenters. The number of amides is 1. The molecular weight excluding hydrogens is 326 g/mol. The number of ether oxygens (including phenoxy) is 1. The first kappa shape index (κ1) is 18.8. The molecule has 0 aliphatic carbocycles. The summed E-state index contributed by atoms with van der Waals surface area (Å²) in [5, 5.41) is 10.1. The minimum absolute atomic E-state index is 0.0652. The first-order valence-electron chi connectivity index (χ1n) is 7.85. The maximum absolute atomic E-state index is 12.3. The predicted octanol–water partition coefficient (Wildman–Crippen LogP) is -0.340. The number of rotatable bonds is 6. The summed E-state index contributed by atoms with van der Waals surface area (Å²) >= 11 is 0. The van der Waals surface area contributed by atoms with Crippen molar-refractivity contribution in [3.8, 4) is 12.3 Å². The van der Waals surface area contributed by atoms with E-state index in [0.29, 0.717) is 19.3 Å². The normalized spacial score (nSPS) is 20.1. The maximum atomic E-state index is 12.3. The number of H-pyrrole nitrogens is 1. The third-order valence-corrected chi connectivity index (χ3v) is 4.06. The van der Waals surface area contributed by atoms with Crippen molar-refractivity contribution in [1.29, 1.82) is 0 Å². The standard InChI is InChI=1S/C16H23N5O4/c1-5-8-20(4)12-13(18-15(17)19-14(12)23)21(9-22)11-7-6-10(25-11)16(2,3)24/h1,9-11,24H,6-8H2,2-4H3,(H3,17,18,19,23). The second-order valence-electron chi connectivity index (χ2n) is 6.51. The number of aromatic nitrogens is 2. The molecule has 9 nitrogen and oxygen atoms in total. The molecule has 9 heteroatoms. The molecule has 0 spiro atoms. The molecule has 4 N–H and O–H groups in total. The third kappa shape index (κ3) is 3.92. The van der Waals surface area contributed by atoms with Gasteiger partial charge in [0, 0.05) is 7.05 Å². The Morgan fingerprint density at radius 2 is 2.24 bits per heavy atom. The quantitative estimate of drug-likeness (QED) is 0.474. The topological polar surface area (TPSA) is 125 Å². The van der Waals surface area contributed by atoms with Gasteiger partial charge in [0.2, 0.25) is 12.4 Å². The number of nitrogen functional groups attached to an aromatic ring is 1. The number of hydrogen-bond donors (Lipinski definition) is 3. The Labute approximate surface area is 145 Å². The van der Waals surface area contributed by atoms with Crippen molar-refractivity contribution in [1.82, 2.24) is 9.97 Å². The highest BCUT2D eigenvalue weighted by molar-refractivity contribution is 5.82. The van der Waals surface area contributed by atoms with Gasteiger partial charge in [-0.25, -0.2) is 0 Å². The van der Waals surface area contributed by atoms with Crippen molar-refractivity contribution < 1.29 is 14.6 Å². The first-order chi connectivity index (χ1) is 11.7. The van der Waals surface area contributed by atoms with Crippen LogP contribution in [0.5, 0.6) is 0 Å². The fraction of sp³-hybridized carbons (Fsp3) is 0.562. The van der Waals surface area contributed by atoms with Crippen LogP contribution in [0.3, 0.4) is 0 Å². The number of nitrogens with zero attached hydrogens (tertiary/aromatic N) is 3. The maximum Gasteiger partial charge on any atom is 0.278 e. The Kier molecular flexibility index (Phi) is 5.35. The summed E-state index contributed by atoms with van der Waals surface area (Å²) in [6.45, 7) is 3.42. The molecule has 0 bridgehead atoms. The van der Waals surface area contributed by atoms with Crippen LogP contribution in [0.4, 0.5) is 17.5 Å². The van der Waals surface area contributed by atoms with Gasteiger partial charge in [0.05, 0.1) is 18.2 Å². The van der Waals surface area contributed by atoms with Crippen molar-refractivity contribution >= 4 is 23.9 Å². The zero-order valence-corrected chi connectivity index (χ0v) is 14.5. The van der Waals surface area contributed by atoms with E-state index >= 15 is 0 Å². The number of aromatic amines is 1. The SMILES string of the molecule is C#CCN(C)c1c(N(C=O)C2CCC(C(C)(C)O)O2)nc(N)[nH]c1=O. The van der Waals surface area contributed by atoms with Gasteiger partial charge in [-0.2, -0.15) is 4.98 Å². The van der Waals surface area contributed by atoms with E-state index in [1.807, 2.05) is 0 Å². The lowest BCUT2D eigenvalue weighted by molar-refractivity contribution is -0.113. The Morgan fingerprint density at radius 3 is 2.76 bits per heavy atom. The summed E-state index contributed by atoms with van der Waals surface area (Å²) in [5.41, 5.74) is 4.20. The van der Waals surface area contributed by atoms with Gasteiger partial charge in [0.1, 0.15) is 11.9 Å². The third-order valence-electron chi connectivity index (χ3n) is 4.06. The van der Waals surface area contributed by atoms with Crippen LogP contribution in [0, 0.1) is 12.3 Å². The molecule has 1 fully saturated rings. The van der Waals surface area contributed by atoms with E-state index < -0.39 is 23.5 Å². The van der Waals surface area contributed by atoms with Gasteiger partial charge in [0.25, 0.3) is 5.56 Å². The number of aliphatic hydroxyl groups is 1. The molecular formula is C16H23N5O4. The highest BCUT2D eigenvalue weighted by Gasteiger charge is 2.39. The van der Waals surface area contributed by atoms with Gasteiger partial charge in [0.15, 0.2) is 5.82 Å². The molecule has 2 rings (SSSR count). The molecule has 25 heavy (non-hydrogen) atoms. The van der Waals surface area contributed by atoms with E-state index in [2.05, 4.69) is 15.9 Å². The van der Waals surface area contributed by atoms with Gasteiger partial charge in [-0.3, -0.25) is 19.5 Å². The van der Waals surface area contributed by atoms with Crippen LogP contribution < -0.4 is 21.1 Å². The smallest absolute Gasteiger partial charge is 0.278 e. The summed E-state index contributed by atoms with van der Waals surface area (Å²) < 4.78 is 5.80. The molecule has 0 saturated carbocycles. The Bertz CT molecular complexity index is 734. The van der Waals surface area contributed by atoms with E-state index in [9.17, 15) is 14.7 Å². The highest BCUT2D eigenvalue weighted by Crippen LogP contribution is 2.33. The van der Waals surface area contributed by atoms with Crippen molar-refractivity contribution in [3.63, 3.8) is 0 Å². The van der Waals surface area contributed by atoms with Crippen LogP contribution in [0.25, 0.3) is 0 Å². The zero-order valence-electron chi connectivity index (χ0n) is 14.5. The van der Waals surface area contributed by atoms with Gasteiger partial charge >= 0.3 is 0 Å². The number of anilines is 3. The second kappa shape index (κ2) is 7.13. The summed E-state index contributed by atoms with van der Waals surface area (Å²) in [6, 6.07) is 0. The van der Waals surface area contributed by atoms with Crippen molar-refractivity contribution in [2.24, 2.45) is 0 Å². The van der Waals surface area contributed by atoms with E-state index in [0.717, 1.165) is 0 Å². The lowest BCUT2D eigenvalue weighted by atomic mass is 9.99. The fourth-order valence-corrected chi connectivity index (χ4v) is 2.81. The Morgan fingerprint density at radius 1 is 1.56 bits per heavy atom. The zero-order chi connectivity index (χ0) is 18.8. The number of hydrogen-bond acceptors (Lipinski definition) is 7. The minimum Gasteiger partial charge on any atom is -0.388 e. The molecule has 1 saturated heterocycles. The summed E-state index contributed by atoms with van der Waals surface area (Å²) in [6.07, 6.45) is 5.79. The molecule has 0 radical (unpaired) electrons. The van der Waals surface area contributed by atoms with Crippen molar-refractivity contribution in [3.05, 3.63) is 10.4 Å². The Balaban J connectivity index is 2.43. The molecule has 1 aliphatic heterocycles. The molecule has 2 atom stereocenters. The molecule has 1 aromatic rings. The van der Waals surface area contributed by atoms with Crippen LogP contribution in [-0.4, -0.2) is 53.0 Å². The van der Waals surface area contributed by atoms with Crippen molar-refractivity contribution in [2.45, 2.75) is 44.6 Å². The lowest BCUT2D eigenvalue weighted by Crippen LogP contribution is -2.41. The predicted molar refractivity (Wildman–Crippen MR) is 94.1 cm³/mol. The summed E-state index contributed by atoms with van der Waals surface area (Å²) in [7, 11) is 1.62. The monoisotopic (exact) mass is 349 g/mol. The summed E-state index contributed by atoms with van der Waals surface area (Å²) in [4.78, 5) is 33.3. The average Bonchev–Trinajstić information content (AvgIpc) is 2.97.